The van der Waals surface area contributed by atoms with Crippen LogP contribution in [0, 0.1) is 0 Å². The van der Waals surface area contributed by atoms with E-state index in [1.165, 1.54) is 34.1 Å². The lowest BCUT2D eigenvalue weighted by molar-refractivity contribution is -0.111. The number of nitrogens with zero attached hydrogens (tertiary/aromatic N) is 3. The van der Waals surface area contributed by atoms with Crippen LogP contribution in [0.2, 0.25) is 0 Å². The first-order valence-electron chi connectivity index (χ1n) is 9.14. The second-order valence-electron chi connectivity index (χ2n) is 6.68. The van der Waals surface area contributed by atoms with Crippen molar-refractivity contribution in [1.82, 2.24) is 14.6 Å². The maximum atomic E-state index is 12.6. The molecule has 1 aliphatic rings. The van der Waals surface area contributed by atoms with Crippen LogP contribution in [0.3, 0.4) is 0 Å². The largest absolute Gasteiger partial charge is 0.383 e. The molecule has 3 aromatic rings. The summed E-state index contributed by atoms with van der Waals surface area (Å²) in [4.78, 5) is 28.9. The molecule has 0 aliphatic heterocycles. The molecule has 1 aromatic carbocycles. The number of ketones is 1. The maximum Gasteiger partial charge on any atom is 0.283 e. The zero-order chi connectivity index (χ0) is 21.4. The highest BCUT2D eigenvalue weighted by molar-refractivity contribution is 7.16. The molecule has 0 saturated carbocycles. The van der Waals surface area contributed by atoms with Gasteiger partial charge in [0, 0.05) is 5.92 Å². The number of aromatic nitrogens is 3. The Hall–Kier alpha value is -2.74. The summed E-state index contributed by atoms with van der Waals surface area (Å²) in [6.07, 6.45) is 5.20. The number of fused-ring (bicyclic) bond motifs is 1. The number of carbonyl (C=O) groups excluding carboxylic acids is 1. The molecule has 9 heteroatoms. The number of rotatable bonds is 4. The predicted molar refractivity (Wildman–Crippen MR) is 121 cm³/mol. The van der Waals surface area contributed by atoms with Crippen molar-refractivity contribution in [3.05, 3.63) is 84.6 Å². The van der Waals surface area contributed by atoms with Gasteiger partial charge in [-0.3, -0.25) is 9.59 Å². The number of benzene rings is 1. The molecule has 0 fully saturated rings. The first kappa shape index (κ1) is 20.5. The number of nitrogens with two attached hydrogens (primary N) is 1. The van der Waals surface area contributed by atoms with Crippen molar-refractivity contribution >= 4 is 57.2 Å². The van der Waals surface area contributed by atoms with Gasteiger partial charge < -0.3 is 5.73 Å². The fraction of sp³-hybridized carbons (Fsp3) is 0.143. The van der Waals surface area contributed by atoms with E-state index in [0.717, 1.165) is 17.0 Å². The number of halogens is 2. The molecule has 0 saturated heterocycles. The second kappa shape index (κ2) is 8.18. The van der Waals surface area contributed by atoms with Crippen LogP contribution in [0.15, 0.2) is 62.9 Å². The summed E-state index contributed by atoms with van der Waals surface area (Å²) < 4.78 is 1.48. The van der Waals surface area contributed by atoms with Crippen LogP contribution in [0.25, 0.3) is 11.0 Å². The Labute approximate surface area is 186 Å². The molecular weight excluding hydrogens is 443 g/mol. The quantitative estimate of drug-likeness (QED) is 0.621. The molecule has 0 unspecified atom stereocenters. The first-order chi connectivity index (χ1) is 14.4. The van der Waals surface area contributed by atoms with Crippen molar-refractivity contribution in [3.8, 4) is 0 Å². The van der Waals surface area contributed by atoms with Crippen molar-refractivity contribution < 1.29 is 4.79 Å². The molecule has 1 atom stereocenters. The van der Waals surface area contributed by atoms with E-state index in [1.807, 2.05) is 30.3 Å². The Bertz CT molecular complexity index is 1280. The topological polar surface area (TPSA) is 90.4 Å². The minimum absolute atomic E-state index is 0.0361. The summed E-state index contributed by atoms with van der Waals surface area (Å²) in [5.74, 6) is -0.236. The number of anilines is 1. The molecule has 0 spiro atoms. The SMILES string of the molecule is CC[C@H](c1ccccc1)c1nn2c(N)c(C=C3C=C(Cl)C(=O)C(Cl)=C3)c(=O)nc2s1. The molecule has 2 aromatic heterocycles. The number of hydrogen-bond donors (Lipinski definition) is 1. The standard InChI is InChI=1S/C21H16Cl2N4O2S/c1-2-13(12-6-4-3-5-7-12)20-26-27-18(24)14(19(29)25-21(27)30-20)8-11-9-15(22)17(28)16(23)10-11/h3-10,13H,2,24H2,1H3/t13-/m1/s1. The highest BCUT2D eigenvalue weighted by atomic mass is 35.5. The van der Waals surface area contributed by atoms with Crippen molar-refractivity contribution in [1.29, 1.82) is 0 Å². The van der Waals surface area contributed by atoms with Crippen molar-refractivity contribution in [2.24, 2.45) is 0 Å². The Morgan fingerprint density at radius 2 is 1.83 bits per heavy atom. The lowest BCUT2D eigenvalue weighted by Gasteiger charge is -2.11. The van der Waals surface area contributed by atoms with Gasteiger partial charge in [0.15, 0.2) is 0 Å². The van der Waals surface area contributed by atoms with E-state index in [4.69, 9.17) is 28.9 Å². The van der Waals surface area contributed by atoms with Gasteiger partial charge in [0.25, 0.3) is 5.56 Å². The number of carbonyl (C=O) groups is 1. The van der Waals surface area contributed by atoms with Crippen LogP contribution >= 0.6 is 34.5 Å². The number of Topliss-reactive ketones (excluding diaryl/α,β-unsaturated/α-hetero) is 1. The Morgan fingerprint density at radius 3 is 2.47 bits per heavy atom. The molecule has 0 amide bonds. The Balaban J connectivity index is 1.82. The van der Waals surface area contributed by atoms with Crippen molar-refractivity contribution in [2.75, 3.05) is 5.73 Å². The maximum absolute atomic E-state index is 12.6. The summed E-state index contributed by atoms with van der Waals surface area (Å²) >= 11 is 13.2. The average Bonchev–Trinajstić information content (AvgIpc) is 3.14. The van der Waals surface area contributed by atoms with Crippen LogP contribution in [0.1, 0.15) is 35.4 Å². The van der Waals surface area contributed by atoms with Crippen LogP contribution in [0.4, 0.5) is 5.82 Å². The Morgan fingerprint density at radius 1 is 1.17 bits per heavy atom. The number of allylic oxidation sites excluding steroid dienone is 5. The van der Waals surface area contributed by atoms with E-state index in [-0.39, 0.29) is 27.4 Å². The molecule has 6 nitrogen and oxygen atoms in total. The van der Waals surface area contributed by atoms with Gasteiger partial charge in [0.1, 0.15) is 10.8 Å². The van der Waals surface area contributed by atoms with Gasteiger partial charge in [0.2, 0.25) is 10.7 Å². The van der Waals surface area contributed by atoms with E-state index in [2.05, 4.69) is 17.0 Å². The predicted octanol–water partition coefficient (Wildman–Crippen LogP) is 4.49. The fourth-order valence-corrected chi connectivity index (χ4v) is 4.85. The van der Waals surface area contributed by atoms with E-state index >= 15 is 0 Å². The summed E-state index contributed by atoms with van der Waals surface area (Å²) in [5.41, 5.74) is 7.55. The highest BCUT2D eigenvalue weighted by Gasteiger charge is 2.21. The fourth-order valence-electron chi connectivity index (χ4n) is 3.24. The molecule has 4 rings (SSSR count). The van der Waals surface area contributed by atoms with Gasteiger partial charge in [-0.25, -0.2) is 0 Å². The average molecular weight is 459 g/mol. The third-order valence-electron chi connectivity index (χ3n) is 4.75. The van der Waals surface area contributed by atoms with Crippen LogP contribution in [-0.2, 0) is 4.79 Å². The summed E-state index contributed by atoms with van der Waals surface area (Å²) in [7, 11) is 0. The molecule has 2 heterocycles. The number of nitrogen functional groups attached to an aromatic ring is 1. The lowest BCUT2D eigenvalue weighted by atomic mass is 9.97. The van der Waals surface area contributed by atoms with Gasteiger partial charge in [-0.15, -0.1) is 0 Å². The molecule has 2 N–H and O–H groups in total. The molecular formula is C21H16Cl2N4O2S. The van der Waals surface area contributed by atoms with Crippen LogP contribution in [-0.4, -0.2) is 20.4 Å². The Kier molecular flexibility index (Phi) is 5.60. The van der Waals surface area contributed by atoms with Gasteiger partial charge in [-0.2, -0.15) is 14.6 Å². The minimum Gasteiger partial charge on any atom is -0.383 e. The monoisotopic (exact) mass is 458 g/mol. The molecule has 1 aliphatic carbocycles. The molecule has 0 bridgehead atoms. The summed E-state index contributed by atoms with van der Waals surface area (Å²) in [6, 6.07) is 10.0. The summed E-state index contributed by atoms with van der Waals surface area (Å²) in [6.45, 7) is 2.08. The van der Waals surface area contributed by atoms with Gasteiger partial charge in [0.05, 0.1) is 15.6 Å². The first-order valence-corrected chi connectivity index (χ1v) is 10.7. The van der Waals surface area contributed by atoms with E-state index in [1.54, 1.807) is 0 Å². The van der Waals surface area contributed by atoms with E-state index in [0.29, 0.717) is 10.5 Å². The van der Waals surface area contributed by atoms with E-state index < -0.39 is 11.3 Å². The lowest BCUT2D eigenvalue weighted by Crippen LogP contribution is -2.17. The molecule has 30 heavy (non-hydrogen) atoms. The van der Waals surface area contributed by atoms with Crippen LogP contribution < -0.4 is 11.3 Å². The smallest absolute Gasteiger partial charge is 0.283 e. The zero-order valence-corrected chi connectivity index (χ0v) is 18.1. The van der Waals surface area contributed by atoms with Crippen molar-refractivity contribution in [3.63, 3.8) is 0 Å². The molecule has 152 valence electrons. The third kappa shape index (κ3) is 3.71. The van der Waals surface area contributed by atoms with Crippen molar-refractivity contribution in [2.45, 2.75) is 19.3 Å². The van der Waals surface area contributed by atoms with E-state index in [9.17, 15) is 9.59 Å². The molecule has 0 radical (unpaired) electrons. The zero-order valence-electron chi connectivity index (χ0n) is 15.8. The van der Waals surface area contributed by atoms with Gasteiger partial charge >= 0.3 is 0 Å². The minimum atomic E-state index is -0.492. The van der Waals surface area contributed by atoms with Gasteiger partial charge in [-0.1, -0.05) is 71.8 Å². The number of hydrogen-bond acceptors (Lipinski definition) is 6. The third-order valence-corrected chi connectivity index (χ3v) is 6.33. The normalized spacial score (nSPS) is 15.2. The second-order valence-corrected chi connectivity index (χ2v) is 8.48. The van der Waals surface area contributed by atoms with Crippen LogP contribution in [0.5, 0.6) is 0 Å². The summed E-state index contributed by atoms with van der Waals surface area (Å²) in [5, 5.41) is 5.39. The highest BCUT2D eigenvalue weighted by Crippen LogP contribution is 2.32. The van der Waals surface area contributed by atoms with Gasteiger partial charge in [-0.05, 0) is 35.8 Å².